The van der Waals surface area contributed by atoms with Crippen molar-refractivity contribution in [3.8, 4) is 0 Å². The second-order valence-electron chi connectivity index (χ2n) is 2.00. The van der Waals surface area contributed by atoms with E-state index < -0.39 is 0 Å². The molecule has 0 atom stereocenters. The molecule has 0 aliphatic rings. The maximum absolute atomic E-state index is 5.24. The van der Waals surface area contributed by atoms with E-state index in [4.69, 9.17) is 14.2 Å². The van der Waals surface area contributed by atoms with Crippen LogP contribution in [0, 0.1) is 0 Å². The maximum atomic E-state index is 5.24. The van der Waals surface area contributed by atoms with Gasteiger partial charge in [-0.05, 0) is 20.8 Å². The van der Waals surface area contributed by atoms with Gasteiger partial charge in [0.25, 0.3) is 0 Å². The van der Waals surface area contributed by atoms with Crippen LogP contribution in [0.1, 0.15) is 20.8 Å². The van der Waals surface area contributed by atoms with E-state index in [1.807, 2.05) is 20.8 Å². The van der Waals surface area contributed by atoms with Crippen molar-refractivity contribution in [3.63, 3.8) is 0 Å². The molecule has 0 bridgehead atoms. The SMILES string of the molecule is CCOCC(OCC)OCC.[Zr].[Zr].[Zr].[Zr]. The summed E-state index contributed by atoms with van der Waals surface area (Å²) in [4.78, 5) is 0. The number of hydrogen-bond donors (Lipinski definition) is 0. The van der Waals surface area contributed by atoms with Crippen molar-refractivity contribution in [3.05, 3.63) is 0 Å². The van der Waals surface area contributed by atoms with E-state index in [0.29, 0.717) is 26.4 Å². The first-order chi connectivity index (χ1) is 5.35. The zero-order chi connectivity index (χ0) is 8.53. The first kappa shape index (κ1) is 31.0. The topological polar surface area (TPSA) is 27.7 Å². The summed E-state index contributed by atoms with van der Waals surface area (Å²) in [6, 6.07) is 0. The molecule has 0 saturated carbocycles. The van der Waals surface area contributed by atoms with Crippen LogP contribution >= 0.6 is 0 Å². The summed E-state index contributed by atoms with van der Waals surface area (Å²) in [5, 5.41) is 0. The predicted molar refractivity (Wildman–Crippen MR) is 43.5 cm³/mol. The molecule has 0 rings (SSSR count). The summed E-state index contributed by atoms with van der Waals surface area (Å²) < 4.78 is 15.6. The van der Waals surface area contributed by atoms with Gasteiger partial charge in [0.2, 0.25) is 0 Å². The molecule has 0 aliphatic carbocycles. The monoisotopic (exact) mass is 522 g/mol. The Labute approximate surface area is 170 Å². The average molecular weight is 527 g/mol. The summed E-state index contributed by atoms with van der Waals surface area (Å²) >= 11 is 0. The van der Waals surface area contributed by atoms with Crippen LogP contribution in [0.4, 0.5) is 0 Å². The van der Waals surface area contributed by atoms with Crippen LogP contribution in [0.3, 0.4) is 0 Å². The third-order valence-electron chi connectivity index (χ3n) is 1.16. The van der Waals surface area contributed by atoms with Crippen LogP contribution in [0.25, 0.3) is 0 Å². The van der Waals surface area contributed by atoms with Crippen molar-refractivity contribution in [1.29, 1.82) is 0 Å². The molecule has 0 aliphatic heterocycles. The molecule has 0 saturated heterocycles. The molecule has 7 heteroatoms. The van der Waals surface area contributed by atoms with Gasteiger partial charge in [-0.15, -0.1) is 0 Å². The molecule has 84 valence electrons. The zero-order valence-electron chi connectivity index (χ0n) is 9.63. The zero-order valence-corrected chi connectivity index (χ0v) is 19.5. The third-order valence-corrected chi connectivity index (χ3v) is 1.16. The summed E-state index contributed by atoms with van der Waals surface area (Å²) in [7, 11) is 0. The molecule has 3 nitrogen and oxygen atoms in total. The quantitative estimate of drug-likeness (QED) is 0.470. The fraction of sp³-hybridized carbons (Fsp3) is 1.00. The summed E-state index contributed by atoms with van der Waals surface area (Å²) in [6.45, 7) is 8.40. The van der Waals surface area contributed by atoms with Gasteiger partial charge in [-0.2, -0.15) is 0 Å². The molecule has 15 heavy (non-hydrogen) atoms. The summed E-state index contributed by atoms with van der Waals surface area (Å²) in [5.74, 6) is 0. The minimum Gasteiger partial charge on any atom is -0.376 e. The molecular formula is C8H18O3Zr4. The van der Waals surface area contributed by atoms with Crippen LogP contribution in [-0.4, -0.2) is 32.7 Å². The Morgan fingerprint density at radius 3 is 1.40 bits per heavy atom. The van der Waals surface area contributed by atoms with E-state index in [0.717, 1.165) is 0 Å². The second kappa shape index (κ2) is 26.1. The van der Waals surface area contributed by atoms with Gasteiger partial charge in [0, 0.05) is 125 Å². The molecule has 0 amide bonds. The Morgan fingerprint density at radius 1 is 0.733 bits per heavy atom. The van der Waals surface area contributed by atoms with E-state index in [1.165, 1.54) is 0 Å². The standard InChI is InChI=1S/C8H18O3.4Zr/c1-4-9-7-8(10-5-2)11-6-3;;;;/h8H,4-7H2,1-3H3;;;;. The Bertz CT molecular complexity index is 82.3. The van der Waals surface area contributed by atoms with Crippen molar-refractivity contribution in [2.45, 2.75) is 27.1 Å². The van der Waals surface area contributed by atoms with Gasteiger partial charge < -0.3 is 14.2 Å². The number of hydrogen-bond acceptors (Lipinski definition) is 3. The van der Waals surface area contributed by atoms with Gasteiger partial charge in [-0.1, -0.05) is 0 Å². The number of ether oxygens (including phenoxy) is 3. The molecule has 0 aromatic heterocycles. The summed E-state index contributed by atoms with van der Waals surface area (Å²) in [6.07, 6.45) is -0.190. The van der Waals surface area contributed by atoms with Crippen molar-refractivity contribution < 1.29 is 119 Å². The van der Waals surface area contributed by atoms with E-state index in [1.54, 1.807) is 0 Å². The van der Waals surface area contributed by atoms with E-state index in [-0.39, 0.29) is 111 Å². The van der Waals surface area contributed by atoms with Crippen LogP contribution in [0.5, 0.6) is 0 Å². The van der Waals surface area contributed by atoms with Crippen LogP contribution in [0.2, 0.25) is 0 Å². The first-order valence-electron chi connectivity index (χ1n) is 4.16. The van der Waals surface area contributed by atoms with Crippen LogP contribution in [-0.2, 0) is 119 Å². The number of rotatable bonds is 7. The molecule has 0 unspecified atom stereocenters. The minimum atomic E-state index is -0.190. The van der Waals surface area contributed by atoms with E-state index in [9.17, 15) is 0 Å². The van der Waals surface area contributed by atoms with Crippen LogP contribution in [0.15, 0.2) is 0 Å². The first-order valence-corrected chi connectivity index (χ1v) is 4.16. The Kier molecular flexibility index (Phi) is 53.9. The van der Waals surface area contributed by atoms with Crippen molar-refractivity contribution >= 4 is 0 Å². The third kappa shape index (κ3) is 23.0. The van der Waals surface area contributed by atoms with Crippen molar-refractivity contribution in [2.24, 2.45) is 0 Å². The molecule has 0 N–H and O–H groups in total. The van der Waals surface area contributed by atoms with Crippen molar-refractivity contribution in [2.75, 3.05) is 26.4 Å². The molecular weight excluding hydrogens is 509 g/mol. The molecule has 0 aromatic rings. The Hall–Kier alpha value is 3.41. The molecule has 0 fully saturated rings. The Balaban J connectivity index is -0.0000000833. The fourth-order valence-electron chi connectivity index (χ4n) is 0.730. The smallest absolute Gasteiger partial charge is 0.180 e. The van der Waals surface area contributed by atoms with Crippen molar-refractivity contribution in [1.82, 2.24) is 0 Å². The molecule has 0 heterocycles. The minimum absolute atomic E-state index is 0. The van der Waals surface area contributed by atoms with Gasteiger partial charge in [0.15, 0.2) is 6.29 Å². The normalized spacial score (nSPS) is 8.00. The predicted octanol–water partition coefficient (Wildman–Crippen LogP) is 1.41. The summed E-state index contributed by atoms with van der Waals surface area (Å²) in [5.41, 5.74) is 0. The van der Waals surface area contributed by atoms with Gasteiger partial charge in [-0.3, -0.25) is 0 Å². The molecule has 0 spiro atoms. The van der Waals surface area contributed by atoms with Gasteiger partial charge >= 0.3 is 0 Å². The van der Waals surface area contributed by atoms with E-state index in [2.05, 4.69) is 0 Å². The van der Waals surface area contributed by atoms with Gasteiger partial charge in [-0.25, -0.2) is 0 Å². The van der Waals surface area contributed by atoms with Crippen LogP contribution < -0.4 is 0 Å². The maximum Gasteiger partial charge on any atom is 0.180 e. The molecule has 0 radical (unpaired) electrons. The Morgan fingerprint density at radius 2 is 1.13 bits per heavy atom. The fourth-order valence-corrected chi connectivity index (χ4v) is 0.730. The van der Waals surface area contributed by atoms with E-state index >= 15 is 0 Å². The average Bonchev–Trinajstić information content (AvgIpc) is 2.01. The van der Waals surface area contributed by atoms with Gasteiger partial charge in [0.05, 0.1) is 6.61 Å². The largest absolute Gasteiger partial charge is 0.376 e. The second-order valence-corrected chi connectivity index (χ2v) is 2.00. The van der Waals surface area contributed by atoms with Gasteiger partial charge in [0.1, 0.15) is 0 Å². The molecule has 0 aromatic carbocycles.